The predicted octanol–water partition coefficient (Wildman–Crippen LogP) is 1.84. The Morgan fingerprint density at radius 1 is 1.34 bits per heavy atom. The van der Waals surface area contributed by atoms with Crippen LogP contribution < -0.4 is 4.72 Å². The van der Waals surface area contributed by atoms with E-state index in [1.54, 1.807) is 25.5 Å². The van der Waals surface area contributed by atoms with Crippen molar-refractivity contribution < 1.29 is 27.2 Å². The number of carbonyl (C=O) groups is 1. The van der Waals surface area contributed by atoms with E-state index in [0.29, 0.717) is 12.8 Å². The second-order valence-electron chi connectivity index (χ2n) is 8.21. The molecule has 11 heteroatoms. The van der Waals surface area contributed by atoms with Crippen LogP contribution in [-0.4, -0.2) is 52.5 Å². The largest absolute Gasteiger partial charge is 0.443 e. The van der Waals surface area contributed by atoms with E-state index in [4.69, 9.17) is 8.92 Å². The smallest absolute Gasteiger partial charge is 0.423 e. The van der Waals surface area contributed by atoms with E-state index in [9.17, 15) is 18.3 Å². The molecule has 29 heavy (non-hydrogen) atoms. The minimum absolute atomic E-state index is 0.0491. The molecule has 1 saturated carbocycles. The van der Waals surface area contributed by atoms with Gasteiger partial charge in [-0.1, -0.05) is 0 Å². The summed E-state index contributed by atoms with van der Waals surface area (Å²) in [5.41, 5.74) is 0.803. The lowest BCUT2D eigenvalue weighted by molar-refractivity contribution is 0.0559. The number of aryl methyl sites for hydroxylation is 1. The van der Waals surface area contributed by atoms with Crippen molar-refractivity contribution >= 4 is 27.4 Å². The topological polar surface area (TPSA) is 133 Å². The highest BCUT2D eigenvalue weighted by Gasteiger charge is 2.36. The molecule has 0 saturated heterocycles. The Morgan fingerprint density at radius 3 is 2.76 bits per heavy atom. The van der Waals surface area contributed by atoms with E-state index in [2.05, 4.69) is 9.97 Å². The summed E-state index contributed by atoms with van der Waals surface area (Å²) in [5.74, 6) is -0.407. The van der Waals surface area contributed by atoms with Crippen molar-refractivity contribution in [1.82, 2.24) is 19.3 Å². The van der Waals surface area contributed by atoms with Crippen LogP contribution in [0.3, 0.4) is 0 Å². The van der Waals surface area contributed by atoms with Gasteiger partial charge in [-0.05, 0) is 46.6 Å². The highest BCUT2D eigenvalue weighted by molar-refractivity contribution is 7.85. The molecule has 160 valence electrons. The molecule has 1 amide bonds. The molecule has 0 bridgehead atoms. The molecule has 2 aromatic heterocycles. The molecule has 0 aromatic carbocycles. The van der Waals surface area contributed by atoms with Gasteiger partial charge in [-0.3, -0.25) is 4.18 Å². The number of hydrogen-bond donors (Lipinski definition) is 2. The van der Waals surface area contributed by atoms with E-state index >= 15 is 0 Å². The third-order valence-electron chi connectivity index (χ3n) is 4.78. The molecular formula is C18H26N4O6S. The van der Waals surface area contributed by atoms with Crippen molar-refractivity contribution in [3.8, 4) is 0 Å². The summed E-state index contributed by atoms with van der Waals surface area (Å²) < 4.78 is 37.4. The van der Waals surface area contributed by atoms with Gasteiger partial charge in [0.1, 0.15) is 17.6 Å². The molecule has 0 unspecified atom stereocenters. The Bertz CT molecular complexity index is 997. The van der Waals surface area contributed by atoms with Crippen LogP contribution >= 0.6 is 0 Å². The van der Waals surface area contributed by atoms with Gasteiger partial charge in [0.25, 0.3) is 0 Å². The van der Waals surface area contributed by atoms with E-state index in [1.807, 2.05) is 23.8 Å². The number of rotatable bonds is 5. The number of carbonyl (C=O) groups excluding carboxylic acids is 1. The monoisotopic (exact) mass is 426 g/mol. The zero-order chi connectivity index (χ0) is 21.4. The fourth-order valence-electron chi connectivity index (χ4n) is 3.48. The van der Waals surface area contributed by atoms with E-state index < -0.39 is 34.0 Å². The van der Waals surface area contributed by atoms with E-state index in [1.165, 1.54) is 6.33 Å². The molecule has 3 atom stereocenters. The molecule has 1 fully saturated rings. The van der Waals surface area contributed by atoms with Crippen LogP contribution in [0.2, 0.25) is 0 Å². The van der Waals surface area contributed by atoms with Crippen molar-refractivity contribution in [2.45, 2.75) is 58.3 Å². The van der Waals surface area contributed by atoms with Crippen LogP contribution in [0.4, 0.5) is 4.79 Å². The zero-order valence-corrected chi connectivity index (χ0v) is 17.6. The molecule has 10 nitrogen and oxygen atoms in total. The Balaban J connectivity index is 1.61. The van der Waals surface area contributed by atoms with Gasteiger partial charge in [0.15, 0.2) is 0 Å². The summed E-state index contributed by atoms with van der Waals surface area (Å²) >= 11 is 0. The molecule has 2 aromatic rings. The van der Waals surface area contributed by atoms with Crippen molar-refractivity contribution in [3.63, 3.8) is 0 Å². The third kappa shape index (κ3) is 5.22. The molecule has 0 aliphatic heterocycles. The average molecular weight is 426 g/mol. The van der Waals surface area contributed by atoms with Crippen LogP contribution in [0, 0.1) is 12.8 Å². The maximum atomic E-state index is 12.0. The second kappa shape index (κ2) is 7.88. The average Bonchev–Trinajstić information content (AvgIpc) is 3.15. The van der Waals surface area contributed by atoms with Gasteiger partial charge in [0, 0.05) is 23.5 Å². The fraction of sp³-hybridized carbons (Fsp3) is 0.611. The van der Waals surface area contributed by atoms with Crippen molar-refractivity contribution in [1.29, 1.82) is 0 Å². The van der Waals surface area contributed by atoms with Gasteiger partial charge < -0.3 is 14.4 Å². The number of nitrogens with zero attached hydrogens (tertiary/aromatic N) is 3. The number of fused-ring (bicyclic) bond motifs is 1. The number of aliphatic hydroxyl groups is 1. The molecule has 1 aliphatic rings. The summed E-state index contributed by atoms with van der Waals surface area (Å²) in [4.78, 5) is 20.1. The lowest BCUT2D eigenvalue weighted by atomic mass is 10.1. The van der Waals surface area contributed by atoms with Crippen LogP contribution in [0.25, 0.3) is 11.0 Å². The first-order valence-corrected chi connectivity index (χ1v) is 10.7. The summed E-state index contributed by atoms with van der Waals surface area (Å²) in [5, 5.41) is 11.3. The lowest BCUT2D eigenvalue weighted by Crippen LogP contribution is -2.38. The number of aromatic nitrogens is 3. The van der Waals surface area contributed by atoms with Gasteiger partial charge >= 0.3 is 16.4 Å². The Labute approximate surface area is 169 Å². The van der Waals surface area contributed by atoms with E-state index in [-0.39, 0.29) is 12.6 Å². The number of ether oxygens (including phenoxy) is 1. The minimum atomic E-state index is -4.34. The quantitative estimate of drug-likeness (QED) is 0.740. The molecular weight excluding hydrogens is 400 g/mol. The zero-order valence-electron chi connectivity index (χ0n) is 16.8. The standard InChI is InChI=1S/C18H26N4O6S/c1-11-14-5-6-22(16(14)20-10-19-11)13-7-12(15(23)8-13)9-27-29(25,26)21-17(24)28-18(2,3)4/h5-6,10,12-13,15,23H,7-9H2,1-4H3,(H,21,24)/t12-,13+,15-/m0/s1. The van der Waals surface area contributed by atoms with Crippen molar-refractivity contribution in [2.75, 3.05) is 6.61 Å². The van der Waals surface area contributed by atoms with Gasteiger partial charge in [-0.25, -0.2) is 14.8 Å². The Hall–Kier alpha value is -2.24. The lowest BCUT2D eigenvalue weighted by Gasteiger charge is -2.20. The molecule has 2 heterocycles. The molecule has 2 N–H and O–H groups in total. The highest BCUT2D eigenvalue weighted by atomic mass is 32.2. The first kappa shape index (κ1) is 21.5. The maximum absolute atomic E-state index is 12.0. The fourth-order valence-corrected chi connectivity index (χ4v) is 4.14. The molecule has 0 spiro atoms. The van der Waals surface area contributed by atoms with Gasteiger partial charge in [-0.2, -0.15) is 13.1 Å². The van der Waals surface area contributed by atoms with Crippen LogP contribution in [-0.2, 0) is 19.2 Å². The van der Waals surface area contributed by atoms with Gasteiger partial charge in [0.2, 0.25) is 0 Å². The van der Waals surface area contributed by atoms with Crippen molar-refractivity contribution in [3.05, 3.63) is 24.3 Å². The molecule has 0 radical (unpaired) electrons. The molecule has 1 aliphatic carbocycles. The van der Waals surface area contributed by atoms with Crippen LogP contribution in [0.5, 0.6) is 0 Å². The summed E-state index contributed by atoms with van der Waals surface area (Å²) in [6.45, 7) is 6.51. The summed E-state index contributed by atoms with van der Waals surface area (Å²) in [6.07, 6.45) is 2.49. The first-order valence-electron chi connectivity index (χ1n) is 9.31. The number of amides is 1. The number of hydrogen-bond acceptors (Lipinski definition) is 8. The predicted molar refractivity (Wildman–Crippen MR) is 104 cm³/mol. The number of nitrogens with one attached hydrogen (secondary N) is 1. The Kier molecular flexibility index (Phi) is 5.84. The second-order valence-corrected chi connectivity index (χ2v) is 9.56. The van der Waals surface area contributed by atoms with Crippen LogP contribution in [0.15, 0.2) is 18.6 Å². The van der Waals surface area contributed by atoms with E-state index in [0.717, 1.165) is 16.7 Å². The number of aliphatic hydroxyl groups excluding tert-OH is 1. The van der Waals surface area contributed by atoms with Gasteiger partial charge in [0.05, 0.1) is 18.4 Å². The third-order valence-corrected chi connectivity index (χ3v) is 5.64. The Morgan fingerprint density at radius 2 is 2.07 bits per heavy atom. The normalized spacial score (nSPS) is 22.7. The van der Waals surface area contributed by atoms with Crippen LogP contribution in [0.1, 0.15) is 45.3 Å². The first-order chi connectivity index (χ1) is 13.5. The van der Waals surface area contributed by atoms with Gasteiger partial charge in [-0.15, -0.1) is 0 Å². The highest BCUT2D eigenvalue weighted by Crippen LogP contribution is 2.37. The summed E-state index contributed by atoms with van der Waals surface area (Å²) in [7, 11) is -4.34. The summed E-state index contributed by atoms with van der Waals surface area (Å²) in [6, 6.07) is 1.88. The van der Waals surface area contributed by atoms with Crippen molar-refractivity contribution in [2.24, 2.45) is 5.92 Å². The minimum Gasteiger partial charge on any atom is -0.443 e. The maximum Gasteiger partial charge on any atom is 0.423 e. The SMILES string of the molecule is Cc1ncnc2c1ccn2[C@@H]1C[C@@H](COS(=O)(=O)NC(=O)OC(C)(C)C)[C@@H](O)C1. The molecule has 3 rings (SSSR count).